The number of benzene rings is 2. The Labute approximate surface area is 113 Å². The van der Waals surface area contributed by atoms with Crippen LogP contribution in [0.4, 0.5) is 4.39 Å². The summed E-state index contributed by atoms with van der Waals surface area (Å²) in [5.74, 6) is -0.290. The molecule has 0 N–H and O–H groups in total. The predicted octanol–water partition coefficient (Wildman–Crippen LogP) is 3.99. The molecule has 0 spiro atoms. The van der Waals surface area contributed by atoms with E-state index in [-0.39, 0.29) is 5.82 Å². The molecule has 0 saturated carbocycles. The highest BCUT2D eigenvalue weighted by Crippen LogP contribution is 2.14. The zero-order valence-electron chi connectivity index (χ0n) is 11.0. The summed E-state index contributed by atoms with van der Waals surface area (Å²) in [6.45, 7) is 2.12. The summed E-state index contributed by atoms with van der Waals surface area (Å²) in [5, 5.41) is 0. The van der Waals surface area contributed by atoms with E-state index in [9.17, 15) is 9.18 Å². The Morgan fingerprint density at radius 1 is 1.00 bits per heavy atom. The van der Waals surface area contributed by atoms with Crippen LogP contribution in [0.2, 0.25) is 0 Å². The summed E-state index contributed by atoms with van der Waals surface area (Å²) < 4.78 is 13.2. The Morgan fingerprint density at radius 2 is 1.68 bits per heavy atom. The molecular weight excluding hydrogens is 239 g/mol. The maximum Gasteiger partial charge on any atom is 0.150 e. The monoisotopic (exact) mass is 256 g/mol. The molecule has 0 aliphatic carbocycles. The molecule has 2 aromatic rings. The van der Waals surface area contributed by atoms with E-state index in [0.29, 0.717) is 12.0 Å². The van der Waals surface area contributed by atoms with E-state index in [1.165, 1.54) is 29.3 Å². The summed E-state index contributed by atoms with van der Waals surface area (Å²) in [4.78, 5) is 10.9. The second-order valence-corrected chi connectivity index (χ2v) is 4.63. The van der Waals surface area contributed by atoms with E-state index in [2.05, 4.69) is 31.2 Å². The fraction of sp³-hybridized carbons (Fsp3) is 0.235. The van der Waals surface area contributed by atoms with E-state index in [4.69, 9.17) is 0 Å². The molecule has 0 amide bonds. The maximum atomic E-state index is 13.2. The van der Waals surface area contributed by atoms with Crippen LogP contribution in [0.5, 0.6) is 0 Å². The summed E-state index contributed by atoms with van der Waals surface area (Å²) >= 11 is 0. The van der Waals surface area contributed by atoms with E-state index in [1.54, 1.807) is 0 Å². The van der Waals surface area contributed by atoms with Crippen molar-refractivity contribution in [2.45, 2.75) is 26.2 Å². The third-order valence-corrected chi connectivity index (χ3v) is 3.35. The topological polar surface area (TPSA) is 17.1 Å². The van der Waals surface area contributed by atoms with Gasteiger partial charge in [-0.1, -0.05) is 31.2 Å². The summed E-state index contributed by atoms with van der Waals surface area (Å²) in [5.41, 5.74) is 3.86. The van der Waals surface area contributed by atoms with Gasteiger partial charge >= 0.3 is 0 Å². The lowest BCUT2D eigenvalue weighted by atomic mass is 9.99. The molecule has 98 valence electrons. The standard InChI is InChI=1S/C17H17FO/c1-2-13-3-5-14(6-4-13)7-8-15-11-17(18)10-9-16(15)12-19/h3-6,9-12H,2,7-8H2,1H3. The minimum atomic E-state index is -0.290. The lowest BCUT2D eigenvalue weighted by Gasteiger charge is -2.06. The first kappa shape index (κ1) is 13.5. The van der Waals surface area contributed by atoms with Gasteiger partial charge in [0.05, 0.1) is 0 Å². The zero-order valence-corrected chi connectivity index (χ0v) is 11.0. The van der Waals surface area contributed by atoms with Crippen LogP contribution in [0.25, 0.3) is 0 Å². The smallest absolute Gasteiger partial charge is 0.150 e. The number of carbonyl (C=O) groups is 1. The minimum absolute atomic E-state index is 0.290. The minimum Gasteiger partial charge on any atom is -0.298 e. The van der Waals surface area contributed by atoms with Gasteiger partial charge in [-0.25, -0.2) is 4.39 Å². The normalized spacial score (nSPS) is 10.4. The van der Waals surface area contributed by atoms with Crippen LogP contribution in [-0.2, 0) is 19.3 Å². The average molecular weight is 256 g/mol. The Hall–Kier alpha value is -1.96. The highest BCUT2D eigenvalue weighted by molar-refractivity contribution is 5.77. The number of aryl methyl sites for hydroxylation is 3. The maximum absolute atomic E-state index is 13.2. The summed E-state index contributed by atoms with van der Waals surface area (Å²) in [6, 6.07) is 12.7. The van der Waals surface area contributed by atoms with E-state index in [1.807, 2.05) is 0 Å². The fourth-order valence-corrected chi connectivity index (χ4v) is 2.13. The average Bonchev–Trinajstić information content (AvgIpc) is 2.46. The molecule has 1 nitrogen and oxygen atoms in total. The fourth-order valence-electron chi connectivity index (χ4n) is 2.13. The molecule has 2 heteroatoms. The quantitative estimate of drug-likeness (QED) is 0.739. The van der Waals surface area contributed by atoms with Crippen molar-refractivity contribution in [1.82, 2.24) is 0 Å². The van der Waals surface area contributed by atoms with Crippen molar-refractivity contribution >= 4 is 6.29 Å². The highest BCUT2D eigenvalue weighted by Gasteiger charge is 2.04. The SMILES string of the molecule is CCc1ccc(CCc2cc(F)ccc2C=O)cc1. The Balaban J connectivity index is 2.09. The van der Waals surface area contributed by atoms with Crippen LogP contribution in [0.3, 0.4) is 0 Å². The third-order valence-electron chi connectivity index (χ3n) is 3.35. The Bertz CT molecular complexity index is 558. The van der Waals surface area contributed by atoms with Crippen molar-refractivity contribution in [2.75, 3.05) is 0 Å². The van der Waals surface area contributed by atoms with Gasteiger partial charge in [-0.05, 0) is 54.2 Å². The van der Waals surface area contributed by atoms with Gasteiger partial charge in [0.15, 0.2) is 0 Å². The van der Waals surface area contributed by atoms with Crippen molar-refractivity contribution in [3.63, 3.8) is 0 Å². The molecule has 0 atom stereocenters. The van der Waals surface area contributed by atoms with Gasteiger partial charge in [-0.3, -0.25) is 4.79 Å². The number of rotatable bonds is 5. The van der Waals surface area contributed by atoms with Gasteiger partial charge in [0.25, 0.3) is 0 Å². The third kappa shape index (κ3) is 3.50. The van der Waals surface area contributed by atoms with Gasteiger partial charge in [0.1, 0.15) is 12.1 Å². The highest BCUT2D eigenvalue weighted by atomic mass is 19.1. The molecule has 19 heavy (non-hydrogen) atoms. The number of hydrogen-bond donors (Lipinski definition) is 0. The van der Waals surface area contributed by atoms with Crippen LogP contribution >= 0.6 is 0 Å². The molecule has 2 rings (SSSR count). The van der Waals surface area contributed by atoms with Crippen LogP contribution in [-0.4, -0.2) is 6.29 Å². The van der Waals surface area contributed by atoms with Crippen LogP contribution in [0.15, 0.2) is 42.5 Å². The van der Waals surface area contributed by atoms with Gasteiger partial charge in [-0.15, -0.1) is 0 Å². The largest absolute Gasteiger partial charge is 0.298 e. The van der Waals surface area contributed by atoms with Gasteiger partial charge in [0, 0.05) is 5.56 Å². The molecule has 0 fully saturated rings. The predicted molar refractivity (Wildman–Crippen MR) is 75.0 cm³/mol. The lowest BCUT2D eigenvalue weighted by Crippen LogP contribution is -1.97. The number of hydrogen-bond acceptors (Lipinski definition) is 1. The van der Waals surface area contributed by atoms with E-state index in [0.717, 1.165) is 24.7 Å². The molecular formula is C17H17FO. The Morgan fingerprint density at radius 3 is 2.32 bits per heavy atom. The van der Waals surface area contributed by atoms with Gasteiger partial charge in [-0.2, -0.15) is 0 Å². The molecule has 0 radical (unpaired) electrons. The van der Waals surface area contributed by atoms with Crippen molar-refractivity contribution in [3.05, 3.63) is 70.5 Å². The van der Waals surface area contributed by atoms with Crippen molar-refractivity contribution in [2.24, 2.45) is 0 Å². The molecule has 0 heterocycles. The van der Waals surface area contributed by atoms with Crippen molar-refractivity contribution in [3.8, 4) is 0 Å². The zero-order chi connectivity index (χ0) is 13.7. The number of aldehydes is 1. The molecule has 0 aliphatic heterocycles. The Kier molecular flexibility index (Phi) is 4.45. The molecule has 0 bridgehead atoms. The van der Waals surface area contributed by atoms with Gasteiger partial charge < -0.3 is 0 Å². The summed E-state index contributed by atoms with van der Waals surface area (Å²) in [7, 11) is 0. The van der Waals surface area contributed by atoms with Crippen molar-refractivity contribution < 1.29 is 9.18 Å². The molecule has 2 aromatic carbocycles. The summed E-state index contributed by atoms with van der Waals surface area (Å²) in [6.07, 6.45) is 3.31. The first-order valence-corrected chi connectivity index (χ1v) is 6.54. The van der Waals surface area contributed by atoms with E-state index >= 15 is 0 Å². The van der Waals surface area contributed by atoms with Crippen LogP contribution < -0.4 is 0 Å². The second kappa shape index (κ2) is 6.28. The number of carbonyl (C=O) groups excluding carboxylic acids is 1. The molecule has 0 unspecified atom stereocenters. The van der Waals surface area contributed by atoms with E-state index < -0.39 is 0 Å². The molecule has 0 aromatic heterocycles. The first-order valence-electron chi connectivity index (χ1n) is 6.54. The lowest BCUT2D eigenvalue weighted by molar-refractivity contribution is 0.112. The second-order valence-electron chi connectivity index (χ2n) is 4.63. The van der Waals surface area contributed by atoms with Crippen LogP contribution in [0, 0.1) is 5.82 Å². The molecule has 0 aliphatic rings. The van der Waals surface area contributed by atoms with Crippen LogP contribution in [0.1, 0.15) is 34.0 Å². The van der Waals surface area contributed by atoms with Crippen molar-refractivity contribution in [1.29, 1.82) is 0 Å². The number of halogens is 1. The first-order chi connectivity index (χ1) is 9.22. The van der Waals surface area contributed by atoms with Gasteiger partial charge in [0.2, 0.25) is 0 Å². The molecule has 0 saturated heterocycles.